The van der Waals surface area contributed by atoms with Gasteiger partial charge in [-0.3, -0.25) is 4.79 Å². The van der Waals surface area contributed by atoms with Gasteiger partial charge in [0.2, 0.25) is 5.91 Å². The molecule has 1 amide bonds. The van der Waals surface area contributed by atoms with Crippen LogP contribution in [0.25, 0.3) is 11.1 Å². The van der Waals surface area contributed by atoms with Crippen LogP contribution in [0.3, 0.4) is 0 Å². The van der Waals surface area contributed by atoms with Crippen molar-refractivity contribution in [3.8, 4) is 11.1 Å². The number of hydrogen-bond donors (Lipinski definition) is 1. The third-order valence-corrected chi connectivity index (χ3v) is 4.71. The first-order chi connectivity index (χ1) is 10.2. The van der Waals surface area contributed by atoms with E-state index < -0.39 is 5.41 Å². The number of benzene rings is 2. The molecule has 1 saturated carbocycles. The fraction of sp³-hybridized carbons (Fsp3) is 0.316. The van der Waals surface area contributed by atoms with Crippen LogP contribution < -0.4 is 5.73 Å². The molecule has 0 spiro atoms. The molecule has 2 aromatic carbocycles. The van der Waals surface area contributed by atoms with Gasteiger partial charge in [0.1, 0.15) is 0 Å². The Morgan fingerprint density at radius 3 is 2.14 bits per heavy atom. The van der Waals surface area contributed by atoms with Crippen LogP contribution in [0.15, 0.2) is 54.6 Å². The van der Waals surface area contributed by atoms with Crippen molar-refractivity contribution in [1.29, 1.82) is 0 Å². The summed E-state index contributed by atoms with van der Waals surface area (Å²) in [6.45, 7) is 0. The average Bonchev–Trinajstić information content (AvgIpc) is 2.56. The van der Waals surface area contributed by atoms with E-state index in [9.17, 15) is 4.79 Å². The Hall–Kier alpha value is -2.09. The van der Waals surface area contributed by atoms with Crippen molar-refractivity contribution in [3.63, 3.8) is 0 Å². The first kappa shape index (κ1) is 13.9. The Labute approximate surface area is 126 Å². The van der Waals surface area contributed by atoms with Crippen LogP contribution in [0, 0.1) is 0 Å². The highest BCUT2D eigenvalue weighted by atomic mass is 16.1. The van der Waals surface area contributed by atoms with Crippen LogP contribution in [-0.4, -0.2) is 5.91 Å². The minimum Gasteiger partial charge on any atom is -0.369 e. The first-order valence-corrected chi connectivity index (χ1v) is 7.69. The van der Waals surface area contributed by atoms with E-state index in [0.717, 1.165) is 42.4 Å². The Balaban J connectivity index is 2.15. The molecular formula is C19H21NO. The van der Waals surface area contributed by atoms with E-state index in [2.05, 4.69) is 24.3 Å². The van der Waals surface area contributed by atoms with E-state index in [1.165, 1.54) is 6.42 Å². The predicted octanol–water partition coefficient (Wildman–Crippen LogP) is 4.04. The molecular weight excluding hydrogens is 258 g/mol. The number of carbonyl (C=O) groups excluding carboxylic acids is 1. The lowest BCUT2D eigenvalue weighted by atomic mass is 9.67. The molecule has 2 nitrogen and oxygen atoms in total. The van der Waals surface area contributed by atoms with Crippen molar-refractivity contribution >= 4 is 5.91 Å². The lowest BCUT2D eigenvalue weighted by Gasteiger charge is -2.36. The summed E-state index contributed by atoms with van der Waals surface area (Å²) in [7, 11) is 0. The highest BCUT2D eigenvalue weighted by Gasteiger charge is 2.40. The SMILES string of the molecule is NC(=O)C1(c2ccccc2-c2ccccc2)CCCCC1. The maximum atomic E-state index is 12.3. The molecule has 2 aromatic rings. The second kappa shape index (κ2) is 5.72. The maximum Gasteiger partial charge on any atom is 0.228 e. The Kier molecular flexibility index (Phi) is 3.78. The van der Waals surface area contributed by atoms with E-state index in [-0.39, 0.29) is 5.91 Å². The Morgan fingerprint density at radius 2 is 1.48 bits per heavy atom. The van der Waals surface area contributed by atoms with Gasteiger partial charge in [-0.15, -0.1) is 0 Å². The quantitative estimate of drug-likeness (QED) is 0.905. The largest absolute Gasteiger partial charge is 0.369 e. The Morgan fingerprint density at radius 1 is 0.857 bits per heavy atom. The minimum absolute atomic E-state index is 0.175. The van der Waals surface area contributed by atoms with Crippen molar-refractivity contribution < 1.29 is 4.79 Å². The molecule has 21 heavy (non-hydrogen) atoms. The summed E-state index contributed by atoms with van der Waals surface area (Å²) in [4.78, 5) is 12.3. The van der Waals surface area contributed by atoms with Crippen LogP contribution in [0.1, 0.15) is 37.7 Å². The fourth-order valence-electron chi connectivity index (χ4n) is 3.57. The summed E-state index contributed by atoms with van der Waals surface area (Å²) in [5.41, 5.74) is 8.74. The van der Waals surface area contributed by atoms with Gasteiger partial charge in [0.15, 0.2) is 0 Å². The molecule has 1 aliphatic carbocycles. The van der Waals surface area contributed by atoms with Gasteiger partial charge < -0.3 is 5.73 Å². The molecule has 0 aliphatic heterocycles. The maximum absolute atomic E-state index is 12.3. The van der Waals surface area contributed by atoms with Crippen LogP contribution in [0.5, 0.6) is 0 Å². The van der Waals surface area contributed by atoms with Crippen molar-refractivity contribution in [2.45, 2.75) is 37.5 Å². The number of amides is 1. The van der Waals surface area contributed by atoms with Crippen molar-refractivity contribution in [3.05, 3.63) is 60.2 Å². The zero-order chi connectivity index (χ0) is 14.7. The van der Waals surface area contributed by atoms with E-state index in [1.807, 2.05) is 30.3 Å². The molecule has 3 rings (SSSR count). The van der Waals surface area contributed by atoms with Gasteiger partial charge in [0.25, 0.3) is 0 Å². The molecule has 2 heteroatoms. The highest BCUT2D eigenvalue weighted by Crippen LogP contribution is 2.43. The van der Waals surface area contributed by atoms with Crippen molar-refractivity contribution in [2.24, 2.45) is 5.73 Å². The lowest BCUT2D eigenvalue weighted by Crippen LogP contribution is -2.43. The Bertz CT molecular complexity index is 627. The molecule has 0 bridgehead atoms. The molecule has 2 N–H and O–H groups in total. The smallest absolute Gasteiger partial charge is 0.228 e. The molecule has 0 radical (unpaired) electrons. The standard InChI is InChI=1S/C19H21NO/c20-18(21)19(13-7-2-8-14-19)17-12-6-5-11-16(17)15-9-3-1-4-10-15/h1,3-6,9-12H,2,7-8,13-14H2,(H2,20,21). The number of primary amides is 1. The summed E-state index contributed by atoms with van der Waals surface area (Å²) >= 11 is 0. The molecule has 1 fully saturated rings. The van der Waals surface area contributed by atoms with Crippen LogP contribution >= 0.6 is 0 Å². The van der Waals surface area contributed by atoms with Gasteiger partial charge in [-0.25, -0.2) is 0 Å². The summed E-state index contributed by atoms with van der Waals surface area (Å²) < 4.78 is 0. The number of rotatable bonds is 3. The van der Waals surface area contributed by atoms with E-state index in [0.29, 0.717) is 0 Å². The number of hydrogen-bond acceptors (Lipinski definition) is 1. The fourth-order valence-corrected chi connectivity index (χ4v) is 3.57. The van der Waals surface area contributed by atoms with E-state index in [1.54, 1.807) is 0 Å². The number of nitrogens with two attached hydrogens (primary N) is 1. The molecule has 0 aromatic heterocycles. The van der Waals surface area contributed by atoms with Crippen molar-refractivity contribution in [2.75, 3.05) is 0 Å². The summed E-state index contributed by atoms with van der Waals surface area (Å²) in [5, 5.41) is 0. The third kappa shape index (κ3) is 2.46. The van der Waals surface area contributed by atoms with Gasteiger partial charge in [-0.05, 0) is 29.5 Å². The zero-order valence-corrected chi connectivity index (χ0v) is 12.2. The van der Waals surface area contributed by atoms with Gasteiger partial charge >= 0.3 is 0 Å². The summed E-state index contributed by atoms with van der Waals surface area (Å²) in [5.74, 6) is -0.175. The second-order valence-corrected chi connectivity index (χ2v) is 5.92. The van der Waals surface area contributed by atoms with E-state index in [4.69, 9.17) is 5.73 Å². The van der Waals surface area contributed by atoms with Crippen LogP contribution in [0.4, 0.5) is 0 Å². The molecule has 1 aliphatic rings. The van der Waals surface area contributed by atoms with Crippen LogP contribution in [0.2, 0.25) is 0 Å². The van der Waals surface area contributed by atoms with Crippen LogP contribution in [-0.2, 0) is 10.2 Å². The van der Waals surface area contributed by atoms with Gasteiger partial charge in [0.05, 0.1) is 5.41 Å². The van der Waals surface area contributed by atoms with E-state index >= 15 is 0 Å². The normalized spacial score (nSPS) is 17.3. The third-order valence-electron chi connectivity index (χ3n) is 4.71. The van der Waals surface area contributed by atoms with Crippen molar-refractivity contribution in [1.82, 2.24) is 0 Å². The molecule has 0 atom stereocenters. The first-order valence-electron chi connectivity index (χ1n) is 7.69. The average molecular weight is 279 g/mol. The summed E-state index contributed by atoms with van der Waals surface area (Å²) in [6.07, 6.45) is 5.08. The second-order valence-electron chi connectivity index (χ2n) is 5.92. The van der Waals surface area contributed by atoms with Gasteiger partial charge in [0, 0.05) is 0 Å². The predicted molar refractivity (Wildman–Crippen MR) is 85.8 cm³/mol. The zero-order valence-electron chi connectivity index (χ0n) is 12.2. The minimum atomic E-state index is -0.495. The summed E-state index contributed by atoms with van der Waals surface area (Å²) in [6, 6.07) is 18.5. The molecule has 108 valence electrons. The molecule has 0 unspecified atom stereocenters. The monoisotopic (exact) mass is 279 g/mol. The lowest BCUT2D eigenvalue weighted by molar-refractivity contribution is -0.124. The highest BCUT2D eigenvalue weighted by molar-refractivity contribution is 5.89. The van der Waals surface area contributed by atoms with Gasteiger partial charge in [-0.2, -0.15) is 0 Å². The van der Waals surface area contributed by atoms with Gasteiger partial charge in [-0.1, -0.05) is 73.9 Å². The molecule has 0 saturated heterocycles. The number of carbonyl (C=O) groups is 1. The topological polar surface area (TPSA) is 43.1 Å². The molecule has 0 heterocycles.